The average Bonchev–Trinajstić information content (AvgIpc) is 3.16. The molecule has 4 rings (SSSR count). The van der Waals surface area contributed by atoms with Crippen LogP contribution in [0.4, 0.5) is 19.3 Å². The van der Waals surface area contributed by atoms with Gasteiger partial charge in [-0.25, -0.2) is 9.59 Å². The number of anilines is 1. The summed E-state index contributed by atoms with van der Waals surface area (Å²) in [6.07, 6.45) is -1.08. The van der Waals surface area contributed by atoms with Gasteiger partial charge in [-0.1, -0.05) is 54.6 Å². The van der Waals surface area contributed by atoms with Crippen LogP contribution in [0.5, 0.6) is 0 Å². The molecular weight excluding hydrogens is 458 g/mol. The zero-order valence-corrected chi connectivity index (χ0v) is 18.7. The Bertz CT molecular complexity index is 1260. The van der Waals surface area contributed by atoms with Gasteiger partial charge in [0.2, 0.25) is 0 Å². The standard InChI is InChI=1S/C26H22F2N2O5/c1-15-10-11-16(12-21(15)23(31)32)30-24(33)26(27,28)14-29-25(34)35-13-22-19-8-4-2-6-17(19)18-7-3-5-9-20(18)22/h2-12,22H,13-14H2,1H3,(H,29,34)(H,30,33)(H,31,32). The number of rotatable bonds is 7. The lowest BCUT2D eigenvalue weighted by Gasteiger charge is -2.18. The number of carbonyl (C=O) groups is 3. The maximum absolute atomic E-state index is 14.3. The van der Waals surface area contributed by atoms with Crippen LogP contribution in [0.15, 0.2) is 66.7 Å². The number of amides is 2. The van der Waals surface area contributed by atoms with E-state index in [9.17, 15) is 23.2 Å². The SMILES string of the molecule is Cc1ccc(NC(=O)C(F)(F)CNC(=O)OCC2c3ccccc3-c3ccccc32)cc1C(=O)O. The zero-order valence-electron chi connectivity index (χ0n) is 18.7. The summed E-state index contributed by atoms with van der Waals surface area (Å²) in [5.41, 5.74) is 4.21. The van der Waals surface area contributed by atoms with Gasteiger partial charge in [-0.3, -0.25) is 4.79 Å². The van der Waals surface area contributed by atoms with Crippen molar-refractivity contribution in [3.63, 3.8) is 0 Å². The number of hydrogen-bond acceptors (Lipinski definition) is 4. The molecule has 0 atom stereocenters. The third-order valence-electron chi connectivity index (χ3n) is 5.86. The van der Waals surface area contributed by atoms with Gasteiger partial charge in [0.1, 0.15) is 6.61 Å². The number of halogens is 2. The van der Waals surface area contributed by atoms with Gasteiger partial charge in [0.15, 0.2) is 0 Å². The molecule has 7 nitrogen and oxygen atoms in total. The molecule has 0 spiro atoms. The fourth-order valence-electron chi connectivity index (χ4n) is 4.07. The van der Waals surface area contributed by atoms with Crippen molar-refractivity contribution < 1.29 is 33.0 Å². The first kappa shape index (κ1) is 23.9. The van der Waals surface area contributed by atoms with Crippen LogP contribution < -0.4 is 10.6 Å². The van der Waals surface area contributed by atoms with E-state index in [1.165, 1.54) is 12.1 Å². The van der Waals surface area contributed by atoms with Gasteiger partial charge in [-0.2, -0.15) is 8.78 Å². The minimum Gasteiger partial charge on any atom is -0.478 e. The van der Waals surface area contributed by atoms with E-state index in [-0.39, 0.29) is 23.8 Å². The lowest BCUT2D eigenvalue weighted by molar-refractivity contribution is -0.138. The van der Waals surface area contributed by atoms with Crippen molar-refractivity contribution in [3.05, 3.63) is 89.0 Å². The van der Waals surface area contributed by atoms with Crippen molar-refractivity contribution in [1.82, 2.24) is 5.32 Å². The maximum Gasteiger partial charge on any atom is 0.407 e. The van der Waals surface area contributed by atoms with E-state index in [2.05, 4.69) is 0 Å². The Hall–Kier alpha value is -4.27. The molecule has 180 valence electrons. The number of alkyl halides is 2. The van der Waals surface area contributed by atoms with Gasteiger partial charge >= 0.3 is 18.0 Å². The number of hydrogen-bond donors (Lipinski definition) is 3. The Morgan fingerprint density at radius 2 is 1.57 bits per heavy atom. The highest BCUT2D eigenvalue weighted by Gasteiger charge is 2.39. The summed E-state index contributed by atoms with van der Waals surface area (Å²) in [5.74, 6) is -7.12. The monoisotopic (exact) mass is 480 g/mol. The highest BCUT2D eigenvalue weighted by atomic mass is 19.3. The van der Waals surface area contributed by atoms with Crippen molar-refractivity contribution in [2.75, 3.05) is 18.5 Å². The molecule has 0 aliphatic heterocycles. The van der Waals surface area contributed by atoms with E-state index in [1.54, 1.807) is 6.92 Å². The van der Waals surface area contributed by atoms with Crippen molar-refractivity contribution in [2.24, 2.45) is 0 Å². The molecule has 1 aliphatic carbocycles. The second kappa shape index (κ2) is 9.54. The van der Waals surface area contributed by atoms with E-state index in [0.29, 0.717) is 5.56 Å². The highest BCUT2D eigenvalue weighted by Crippen LogP contribution is 2.44. The molecule has 2 amide bonds. The van der Waals surface area contributed by atoms with Crippen molar-refractivity contribution in [3.8, 4) is 11.1 Å². The molecule has 3 aromatic carbocycles. The number of fused-ring (bicyclic) bond motifs is 3. The quantitative estimate of drug-likeness (QED) is 0.450. The Morgan fingerprint density at radius 3 is 2.17 bits per heavy atom. The molecule has 0 bridgehead atoms. The van der Waals surface area contributed by atoms with E-state index < -0.39 is 30.4 Å². The zero-order chi connectivity index (χ0) is 25.2. The molecule has 3 aromatic rings. The normalized spacial score (nSPS) is 12.4. The fraction of sp³-hybridized carbons (Fsp3) is 0.192. The number of carboxylic acids is 1. The minimum absolute atomic E-state index is 0.0566. The van der Waals surface area contributed by atoms with Crippen LogP contribution in [0.3, 0.4) is 0 Å². The van der Waals surface area contributed by atoms with Crippen LogP contribution in [-0.4, -0.2) is 42.2 Å². The first-order valence-corrected chi connectivity index (χ1v) is 10.8. The number of ether oxygens (including phenoxy) is 1. The Balaban J connectivity index is 1.34. The fourth-order valence-corrected chi connectivity index (χ4v) is 4.07. The Labute approximate surface area is 199 Å². The summed E-state index contributed by atoms with van der Waals surface area (Å²) >= 11 is 0. The van der Waals surface area contributed by atoms with E-state index in [1.807, 2.05) is 59.2 Å². The van der Waals surface area contributed by atoms with Crippen LogP contribution >= 0.6 is 0 Å². The third kappa shape index (κ3) is 4.98. The Kier molecular flexibility index (Phi) is 6.50. The van der Waals surface area contributed by atoms with Crippen LogP contribution in [0.1, 0.15) is 33.0 Å². The van der Waals surface area contributed by atoms with Gasteiger partial charge in [0.05, 0.1) is 12.1 Å². The van der Waals surface area contributed by atoms with E-state index in [0.717, 1.165) is 28.3 Å². The molecule has 0 unspecified atom stereocenters. The Morgan fingerprint density at radius 1 is 0.971 bits per heavy atom. The number of aromatic carboxylic acids is 1. The predicted molar refractivity (Wildman–Crippen MR) is 125 cm³/mol. The summed E-state index contributed by atoms with van der Waals surface area (Å²) < 4.78 is 33.9. The second-order valence-corrected chi connectivity index (χ2v) is 8.17. The first-order valence-electron chi connectivity index (χ1n) is 10.8. The van der Waals surface area contributed by atoms with Gasteiger partial charge in [-0.15, -0.1) is 0 Å². The molecule has 0 heterocycles. The predicted octanol–water partition coefficient (Wildman–Crippen LogP) is 4.81. The van der Waals surface area contributed by atoms with Crippen LogP contribution in [-0.2, 0) is 9.53 Å². The largest absolute Gasteiger partial charge is 0.478 e. The van der Waals surface area contributed by atoms with Crippen molar-refractivity contribution in [2.45, 2.75) is 18.8 Å². The first-order chi connectivity index (χ1) is 16.7. The number of carboxylic acid groups (broad SMARTS) is 1. The maximum atomic E-state index is 14.3. The number of benzene rings is 3. The molecule has 0 saturated carbocycles. The number of carbonyl (C=O) groups excluding carboxylic acids is 2. The van der Waals surface area contributed by atoms with E-state index >= 15 is 0 Å². The summed E-state index contributed by atoms with van der Waals surface area (Å²) in [6, 6.07) is 19.2. The molecule has 0 aromatic heterocycles. The summed E-state index contributed by atoms with van der Waals surface area (Å²) in [4.78, 5) is 35.4. The molecule has 9 heteroatoms. The summed E-state index contributed by atoms with van der Waals surface area (Å²) in [6.45, 7) is 0.202. The van der Waals surface area contributed by atoms with Crippen molar-refractivity contribution >= 4 is 23.7 Å². The van der Waals surface area contributed by atoms with Crippen molar-refractivity contribution in [1.29, 1.82) is 0 Å². The average molecular weight is 480 g/mol. The molecule has 35 heavy (non-hydrogen) atoms. The number of nitrogens with one attached hydrogen (secondary N) is 2. The van der Waals surface area contributed by atoms with Gasteiger partial charge < -0.3 is 20.5 Å². The van der Waals surface area contributed by atoms with Crippen LogP contribution in [0.25, 0.3) is 11.1 Å². The lowest BCUT2D eigenvalue weighted by atomic mass is 9.98. The molecule has 0 radical (unpaired) electrons. The van der Waals surface area contributed by atoms with Crippen LogP contribution in [0.2, 0.25) is 0 Å². The molecule has 0 saturated heterocycles. The molecule has 3 N–H and O–H groups in total. The van der Waals surface area contributed by atoms with Gasteiger partial charge in [-0.05, 0) is 46.9 Å². The molecule has 0 fully saturated rings. The van der Waals surface area contributed by atoms with E-state index in [4.69, 9.17) is 9.84 Å². The third-order valence-corrected chi connectivity index (χ3v) is 5.86. The highest BCUT2D eigenvalue weighted by molar-refractivity contribution is 5.98. The van der Waals surface area contributed by atoms with Gasteiger partial charge in [0, 0.05) is 11.6 Å². The summed E-state index contributed by atoms with van der Waals surface area (Å²) in [5, 5.41) is 13.1. The summed E-state index contributed by atoms with van der Waals surface area (Å²) in [7, 11) is 0. The topological polar surface area (TPSA) is 105 Å². The second-order valence-electron chi connectivity index (χ2n) is 8.17. The number of alkyl carbamates (subject to hydrolysis) is 1. The minimum atomic E-state index is -3.96. The smallest absolute Gasteiger partial charge is 0.407 e. The number of aryl methyl sites for hydroxylation is 1. The van der Waals surface area contributed by atoms with Crippen LogP contribution in [0, 0.1) is 6.92 Å². The van der Waals surface area contributed by atoms with Gasteiger partial charge in [0.25, 0.3) is 5.91 Å². The lowest BCUT2D eigenvalue weighted by Crippen LogP contribution is -2.45. The molecular formula is C26H22F2N2O5. The molecule has 1 aliphatic rings.